The van der Waals surface area contributed by atoms with Gasteiger partial charge in [-0.3, -0.25) is 9.78 Å². The van der Waals surface area contributed by atoms with Crippen molar-refractivity contribution in [1.29, 1.82) is 0 Å². The van der Waals surface area contributed by atoms with Crippen LogP contribution in [0.25, 0.3) is 10.9 Å². The van der Waals surface area contributed by atoms with Crippen molar-refractivity contribution in [3.8, 4) is 0 Å². The lowest BCUT2D eigenvalue weighted by atomic mass is 10.1. The Hall–Kier alpha value is -3.60. The van der Waals surface area contributed by atoms with Crippen molar-refractivity contribution in [3.05, 3.63) is 96.4 Å². The molecule has 1 fully saturated rings. The fourth-order valence-corrected chi connectivity index (χ4v) is 4.22. The zero-order chi connectivity index (χ0) is 20.3. The molecule has 2 aromatic heterocycles. The molecule has 1 aliphatic rings. The van der Waals surface area contributed by atoms with Crippen LogP contribution in [0.2, 0.25) is 0 Å². The molecule has 0 spiro atoms. The lowest BCUT2D eigenvalue weighted by Gasteiger charge is -2.36. The normalized spacial score (nSPS) is 14.3. The molecular weight excluding hydrogens is 372 g/mol. The first kappa shape index (κ1) is 18.4. The molecule has 0 unspecified atom stereocenters. The van der Waals surface area contributed by atoms with Crippen molar-refractivity contribution in [2.75, 3.05) is 31.1 Å². The molecule has 1 aliphatic heterocycles. The van der Waals surface area contributed by atoms with Gasteiger partial charge in [-0.15, -0.1) is 0 Å². The Morgan fingerprint density at radius 1 is 0.833 bits per heavy atom. The standard InChI is InChI=1S/C25H24N4O/c30-25(28-16-14-27(15-17-28)21-10-12-26-13-11-21)23-19-29(18-20-6-2-1-3-7-20)24-9-5-4-8-22(23)24/h1-13,19H,14-18H2. The summed E-state index contributed by atoms with van der Waals surface area (Å²) < 4.78 is 2.19. The highest BCUT2D eigenvalue weighted by atomic mass is 16.2. The van der Waals surface area contributed by atoms with E-state index in [0.717, 1.165) is 54.9 Å². The van der Waals surface area contributed by atoms with Gasteiger partial charge in [0.1, 0.15) is 0 Å². The average Bonchev–Trinajstić information content (AvgIpc) is 3.18. The van der Waals surface area contributed by atoms with Gasteiger partial charge in [-0.05, 0) is 23.8 Å². The number of pyridine rings is 1. The summed E-state index contributed by atoms with van der Waals surface area (Å²) in [5.41, 5.74) is 4.28. The number of hydrogen-bond acceptors (Lipinski definition) is 3. The number of fused-ring (bicyclic) bond motifs is 1. The zero-order valence-electron chi connectivity index (χ0n) is 16.8. The van der Waals surface area contributed by atoms with Gasteiger partial charge in [0, 0.05) is 67.9 Å². The van der Waals surface area contributed by atoms with Gasteiger partial charge >= 0.3 is 0 Å². The molecule has 3 heterocycles. The number of rotatable bonds is 4. The monoisotopic (exact) mass is 396 g/mol. The average molecular weight is 396 g/mol. The summed E-state index contributed by atoms with van der Waals surface area (Å²) in [7, 11) is 0. The van der Waals surface area contributed by atoms with E-state index in [1.165, 1.54) is 5.56 Å². The van der Waals surface area contributed by atoms with Crippen LogP contribution >= 0.6 is 0 Å². The van der Waals surface area contributed by atoms with Crippen LogP contribution in [0.4, 0.5) is 5.69 Å². The van der Waals surface area contributed by atoms with Crippen molar-refractivity contribution in [2.24, 2.45) is 0 Å². The molecule has 5 nitrogen and oxygen atoms in total. The van der Waals surface area contributed by atoms with E-state index < -0.39 is 0 Å². The van der Waals surface area contributed by atoms with Gasteiger partial charge in [-0.1, -0.05) is 48.5 Å². The molecule has 0 N–H and O–H groups in total. The summed E-state index contributed by atoms with van der Waals surface area (Å²) in [5, 5.41) is 1.02. The number of benzene rings is 2. The largest absolute Gasteiger partial charge is 0.368 e. The third-order valence-corrected chi connectivity index (χ3v) is 5.81. The summed E-state index contributed by atoms with van der Waals surface area (Å²) in [6, 6.07) is 22.6. The minimum Gasteiger partial charge on any atom is -0.368 e. The fraction of sp³-hybridized carbons (Fsp3) is 0.200. The van der Waals surface area contributed by atoms with Crippen LogP contribution in [0.5, 0.6) is 0 Å². The highest BCUT2D eigenvalue weighted by Gasteiger charge is 2.25. The predicted molar refractivity (Wildman–Crippen MR) is 120 cm³/mol. The molecule has 30 heavy (non-hydrogen) atoms. The topological polar surface area (TPSA) is 41.4 Å². The number of carbonyl (C=O) groups is 1. The summed E-state index contributed by atoms with van der Waals surface area (Å²) in [6.45, 7) is 3.86. The van der Waals surface area contributed by atoms with E-state index in [-0.39, 0.29) is 5.91 Å². The van der Waals surface area contributed by atoms with Gasteiger partial charge in [0.15, 0.2) is 0 Å². The highest BCUT2D eigenvalue weighted by molar-refractivity contribution is 6.07. The molecule has 0 atom stereocenters. The Morgan fingerprint density at radius 3 is 2.30 bits per heavy atom. The number of hydrogen-bond donors (Lipinski definition) is 0. The summed E-state index contributed by atoms with van der Waals surface area (Å²) >= 11 is 0. The second kappa shape index (κ2) is 8.03. The minimum absolute atomic E-state index is 0.118. The first-order valence-corrected chi connectivity index (χ1v) is 10.4. The molecule has 0 radical (unpaired) electrons. The van der Waals surface area contributed by atoms with Gasteiger partial charge in [-0.2, -0.15) is 0 Å². The maximum Gasteiger partial charge on any atom is 0.256 e. The number of anilines is 1. The summed E-state index contributed by atoms with van der Waals surface area (Å²) in [6.07, 6.45) is 5.65. The van der Waals surface area contributed by atoms with Gasteiger partial charge < -0.3 is 14.4 Å². The van der Waals surface area contributed by atoms with Crippen LogP contribution in [-0.2, 0) is 6.54 Å². The van der Waals surface area contributed by atoms with E-state index in [1.807, 2.05) is 53.8 Å². The second-order valence-electron chi connectivity index (χ2n) is 7.66. The van der Waals surface area contributed by atoms with Gasteiger partial charge in [0.05, 0.1) is 5.56 Å². The van der Waals surface area contributed by atoms with Gasteiger partial charge in [0.25, 0.3) is 5.91 Å². The van der Waals surface area contributed by atoms with Crippen molar-refractivity contribution in [2.45, 2.75) is 6.54 Å². The number of piperazine rings is 1. The molecule has 4 aromatic rings. The maximum absolute atomic E-state index is 13.4. The van der Waals surface area contributed by atoms with Crippen LogP contribution in [0, 0.1) is 0 Å². The van der Waals surface area contributed by atoms with E-state index in [1.54, 1.807) is 0 Å². The van der Waals surface area contributed by atoms with Crippen molar-refractivity contribution < 1.29 is 4.79 Å². The maximum atomic E-state index is 13.4. The van der Waals surface area contributed by atoms with Gasteiger partial charge in [-0.25, -0.2) is 0 Å². The van der Waals surface area contributed by atoms with Gasteiger partial charge in [0.2, 0.25) is 0 Å². The van der Waals surface area contributed by atoms with Crippen molar-refractivity contribution in [3.63, 3.8) is 0 Å². The van der Waals surface area contributed by atoms with E-state index in [0.29, 0.717) is 0 Å². The van der Waals surface area contributed by atoms with E-state index in [2.05, 4.69) is 50.8 Å². The number of para-hydroxylation sites is 1. The van der Waals surface area contributed by atoms with E-state index >= 15 is 0 Å². The first-order valence-electron chi connectivity index (χ1n) is 10.4. The zero-order valence-corrected chi connectivity index (χ0v) is 16.8. The summed E-state index contributed by atoms with van der Waals surface area (Å²) in [4.78, 5) is 21.8. The summed E-state index contributed by atoms with van der Waals surface area (Å²) in [5.74, 6) is 0.118. The third-order valence-electron chi connectivity index (χ3n) is 5.81. The molecule has 0 aliphatic carbocycles. The van der Waals surface area contributed by atoms with Crippen LogP contribution in [-0.4, -0.2) is 46.5 Å². The van der Waals surface area contributed by atoms with Crippen molar-refractivity contribution in [1.82, 2.24) is 14.5 Å². The van der Waals surface area contributed by atoms with E-state index in [4.69, 9.17) is 0 Å². The van der Waals surface area contributed by atoms with Crippen molar-refractivity contribution >= 4 is 22.5 Å². The third kappa shape index (κ3) is 3.54. The Kier molecular flexibility index (Phi) is 4.93. The van der Waals surface area contributed by atoms with Crippen LogP contribution in [0.15, 0.2) is 85.3 Å². The first-order chi connectivity index (χ1) is 14.8. The van der Waals surface area contributed by atoms with E-state index in [9.17, 15) is 4.79 Å². The number of amides is 1. The second-order valence-corrected chi connectivity index (χ2v) is 7.66. The molecule has 0 saturated carbocycles. The molecule has 2 aromatic carbocycles. The Bertz CT molecular complexity index is 1150. The molecule has 150 valence electrons. The molecule has 5 rings (SSSR count). The Morgan fingerprint density at radius 2 is 1.53 bits per heavy atom. The van der Waals surface area contributed by atoms with Crippen LogP contribution < -0.4 is 4.90 Å². The Balaban J connectivity index is 1.38. The highest BCUT2D eigenvalue weighted by Crippen LogP contribution is 2.25. The Labute approximate surface area is 176 Å². The fourth-order valence-electron chi connectivity index (χ4n) is 4.22. The molecular formula is C25H24N4O. The minimum atomic E-state index is 0.118. The number of carbonyl (C=O) groups excluding carboxylic acids is 1. The number of aromatic nitrogens is 2. The molecule has 5 heteroatoms. The SMILES string of the molecule is O=C(c1cn(Cc2ccccc2)c2ccccc12)N1CCN(c2ccncc2)CC1. The van der Waals surface area contributed by atoms with Crippen LogP contribution in [0.1, 0.15) is 15.9 Å². The number of nitrogens with zero attached hydrogens (tertiary/aromatic N) is 4. The van der Waals surface area contributed by atoms with Crippen LogP contribution in [0.3, 0.4) is 0 Å². The lowest BCUT2D eigenvalue weighted by molar-refractivity contribution is 0.0748. The molecule has 1 amide bonds. The predicted octanol–water partition coefficient (Wildman–Crippen LogP) is 4.05. The smallest absolute Gasteiger partial charge is 0.256 e. The lowest BCUT2D eigenvalue weighted by Crippen LogP contribution is -2.48. The molecule has 1 saturated heterocycles. The molecule has 0 bridgehead atoms. The quantitative estimate of drug-likeness (QED) is 0.523.